The number of urea groups is 1. The third-order valence-corrected chi connectivity index (χ3v) is 8.06. The van der Waals surface area contributed by atoms with Crippen LogP contribution in [0.15, 0.2) is 67.0 Å². The highest BCUT2D eigenvalue weighted by molar-refractivity contribution is 5.95. The van der Waals surface area contributed by atoms with E-state index in [-0.39, 0.29) is 25.0 Å². The van der Waals surface area contributed by atoms with Crippen LogP contribution in [-0.2, 0) is 6.42 Å². The van der Waals surface area contributed by atoms with Gasteiger partial charge in [0.1, 0.15) is 11.5 Å². The summed E-state index contributed by atoms with van der Waals surface area (Å²) in [6.45, 7) is 5.15. The zero-order valence-electron chi connectivity index (χ0n) is 23.7. The number of aliphatic hydroxyl groups excluding tert-OH is 1. The Labute approximate surface area is 243 Å². The lowest BCUT2D eigenvalue weighted by atomic mass is 9.98. The van der Waals surface area contributed by atoms with E-state index in [9.17, 15) is 14.7 Å². The predicted molar refractivity (Wildman–Crippen MR) is 161 cm³/mol. The number of benzene rings is 2. The van der Waals surface area contributed by atoms with Gasteiger partial charge in [0.05, 0.1) is 30.5 Å². The molecule has 3 amide bonds. The SMILES string of the molecule is C/C=C(/C)c1ccccc1CCNC(=O)c1cc(C2CC2)c2nc(-c3ccc(NC(=O)N4CC(O)C4)cc3F)cn2c1. The Morgan fingerprint density at radius 1 is 1.12 bits per heavy atom. The summed E-state index contributed by atoms with van der Waals surface area (Å²) >= 11 is 0. The first kappa shape index (κ1) is 27.7. The molecule has 1 saturated heterocycles. The van der Waals surface area contributed by atoms with Gasteiger partial charge in [-0.1, -0.05) is 30.3 Å². The number of pyridine rings is 1. The van der Waals surface area contributed by atoms with Gasteiger partial charge in [-0.3, -0.25) is 4.79 Å². The monoisotopic (exact) mass is 567 g/mol. The minimum atomic E-state index is -0.515. The van der Waals surface area contributed by atoms with E-state index in [1.807, 2.05) is 29.5 Å². The Balaban J connectivity index is 1.20. The van der Waals surface area contributed by atoms with Crippen molar-refractivity contribution in [1.29, 1.82) is 0 Å². The molecular weight excluding hydrogens is 533 g/mol. The Morgan fingerprint density at radius 2 is 1.90 bits per heavy atom. The molecule has 0 radical (unpaired) electrons. The molecule has 2 aromatic carbocycles. The van der Waals surface area contributed by atoms with E-state index in [1.165, 1.54) is 27.7 Å². The Bertz CT molecular complexity index is 1700. The zero-order valence-corrected chi connectivity index (χ0v) is 23.7. The van der Waals surface area contributed by atoms with Crippen molar-refractivity contribution in [3.63, 3.8) is 0 Å². The van der Waals surface area contributed by atoms with Gasteiger partial charge in [0.25, 0.3) is 5.91 Å². The zero-order chi connectivity index (χ0) is 29.4. The van der Waals surface area contributed by atoms with E-state index in [1.54, 1.807) is 24.5 Å². The van der Waals surface area contributed by atoms with Crippen LogP contribution >= 0.6 is 0 Å². The summed E-state index contributed by atoms with van der Waals surface area (Å²) in [4.78, 5) is 31.7. The van der Waals surface area contributed by atoms with Crippen LogP contribution in [0.4, 0.5) is 14.9 Å². The number of nitrogens with one attached hydrogen (secondary N) is 2. The van der Waals surface area contributed by atoms with E-state index in [2.05, 4.69) is 35.8 Å². The van der Waals surface area contributed by atoms with Crippen molar-refractivity contribution in [2.24, 2.45) is 0 Å². The van der Waals surface area contributed by atoms with Crippen molar-refractivity contribution in [2.75, 3.05) is 25.0 Å². The van der Waals surface area contributed by atoms with Crippen LogP contribution < -0.4 is 10.6 Å². The van der Waals surface area contributed by atoms with Gasteiger partial charge in [0.2, 0.25) is 0 Å². The molecule has 42 heavy (non-hydrogen) atoms. The fourth-order valence-corrected chi connectivity index (χ4v) is 5.39. The highest BCUT2D eigenvalue weighted by atomic mass is 19.1. The fraction of sp³-hybridized carbons (Fsp3) is 0.303. The molecule has 2 fully saturated rings. The van der Waals surface area contributed by atoms with Crippen molar-refractivity contribution in [3.8, 4) is 11.3 Å². The second kappa shape index (κ2) is 11.4. The summed E-state index contributed by atoms with van der Waals surface area (Å²) in [6, 6.07) is 14.3. The third-order valence-electron chi connectivity index (χ3n) is 8.06. The number of likely N-dealkylation sites (tertiary alicyclic amines) is 1. The van der Waals surface area contributed by atoms with Crippen LogP contribution in [0.25, 0.3) is 22.5 Å². The van der Waals surface area contributed by atoms with Gasteiger partial charge in [-0.25, -0.2) is 14.2 Å². The molecule has 6 rings (SSSR count). The van der Waals surface area contributed by atoms with Gasteiger partial charge in [0, 0.05) is 30.2 Å². The van der Waals surface area contributed by atoms with Crippen LogP contribution in [-0.4, -0.2) is 57.1 Å². The van der Waals surface area contributed by atoms with Crippen LogP contribution in [0.3, 0.4) is 0 Å². The first-order valence-corrected chi connectivity index (χ1v) is 14.4. The normalized spacial score (nSPS) is 15.5. The quantitative estimate of drug-likeness (QED) is 0.257. The lowest BCUT2D eigenvalue weighted by Gasteiger charge is -2.35. The average Bonchev–Trinajstić information content (AvgIpc) is 3.73. The molecule has 0 spiro atoms. The van der Waals surface area contributed by atoms with Gasteiger partial charge < -0.3 is 25.0 Å². The van der Waals surface area contributed by atoms with Crippen LogP contribution in [0.5, 0.6) is 0 Å². The molecule has 216 valence electrons. The molecule has 1 saturated carbocycles. The number of allylic oxidation sites excluding steroid dienone is 2. The third kappa shape index (κ3) is 5.65. The average molecular weight is 568 g/mol. The standard InChI is InChI=1S/C33H34FN5O3/c1-3-20(2)26-7-5-4-6-21(26)12-13-35-32(41)23-14-28(22-8-9-22)31-37-30(19-38(31)16-23)27-11-10-24(15-29(27)34)36-33(42)39-17-25(40)18-39/h3-7,10-11,14-16,19,22,25,40H,8-9,12-13,17-18H2,1-2H3,(H,35,41)(H,36,42)/b20-3-. The number of halogens is 1. The van der Waals surface area contributed by atoms with E-state index in [0.717, 1.165) is 24.8 Å². The van der Waals surface area contributed by atoms with Gasteiger partial charge in [-0.15, -0.1) is 0 Å². The number of aromatic nitrogens is 2. The number of aliphatic hydroxyl groups is 1. The number of nitrogens with zero attached hydrogens (tertiary/aromatic N) is 3. The summed E-state index contributed by atoms with van der Waals surface area (Å²) in [5, 5.41) is 15.1. The lowest BCUT2D eigenvalue weighted by molar-refractivity contribution is 0.0308. The van der Waals surface area contributed by atoms with Gasteiger partial charge in [0.15, 0.2) is 0 Å². The van der Waals surface area contributed by atoms with E-state index < -0.39 is 11.9 Å². The second-order valence-electron chi connectivity index (χ2n) is 11.1. The van der Waals surface area contributed by atoms with Crippen molar-refractivity contribution in [1.82, 2.24) is 19.6 Å². The maximum atomic E-state index is 15.2. The molecule has 2 aromatic heterocycles. The molecule has 4 aromatic rings. The number of imidazole rings is 1. The highest BCUT2D eigenvalue weighted by Crippen LogP contribution is 2.42. The smallest absolute Gasteiger partial charge is 0.322 e. The summed E-state index contributed by atoms with van der Waals surface area (Å²) < 4.78 is 17.0. The summed E-state index contributed by atoms with van der Waals surface area (Å²) in [6.07, 6.45) is 7.85. The van der Waals surface area contributed by atoms with Crippen molar-refractivity contribution >= 4 is 28.8 Å². The molecule has 1 aliphatic carbocycles. The van der Waals surface area contributed by atoms with Crippen molar-refractivity contribution in [3.05, 3.63) is 95.1 Å². The number of hydrogen-bond donors (Lipinski definition) is 3. The second-order valence-corrected chi connectivity index (χ2v) is 11.1. The highest BCUT2D eigenvalue weighted by Gasteiger charge is 2.30. The summed E-state index contributed by atoms with van der Waals surface area (Å²) in [5.41, 5.74) is 6.91. The number of carbonyl (C=O) groups is 2. The minimum absolute atomic E-state index is 0.157. The number of rotatable bonds is 8. The minimum Gasteiger partial charge on any atom is -0.389 e. The fourth-order valence-electron chi connectivity index (χ4n) is 5.39. The van der Waals surface area contributed by atoms with Gasteiger partial charge >= 0.3 is 6.03 Å². The number of β-amino-alcohol motifs (C(OH)–C–C–N with tert-alkyl or cyclic N) is 1. The number of anilines is 1. The Hall–Kier alpha value is -4.50. The molecule has 9 heteroatoms. The molecular formula is C33H34FN5O3. The van der Waals surface area contributed by atoms with Crippen LogP contribution in [0.1, 0.15) is 59.7 Å². The van der Waals surface area contributed by atoms with Crippen LogP contribution in [0, 0.1) is 5.82 Å². The molecule has 2 aliphatic rings. The Kier molecular flexibility index (Phi) is 7.51. The summed E-state index contributed by atoms with van der Waals surface area (Å²) in [7, 11) is 0. The first-order chi connectivity index (χ1) is 20.3. The van der Waals surface area contributed by atoms with E-state index >= 15 is 4.39 Å². The number of carbonyl (C=O) groups excluding carboxylic acids is 2. The van der Waals surface area contributed by atoms with Gasteiger partial charge in [-0.05, 0) is 85.6 Å². The van der Waals surface area contributed by atoms with E-state index in [4.69, 9.17) is 4.98 Å². The molecule has 0 atom stereocenters. The molecule has 8 nitrogen and oxygen atoms in total. The first-order valence-electron chi connectivity index (χ1n) is 14.4. The number of hydrogen-bond acceptors (Lipinski definition) is 4. The maximum Gasteiger partial charge on any atom is 0.322 e. The summed E-state index contributed by atoms with van der Waals surface area (Å²) in [5.74, 6) is -0.344. The molecule has 0 unspecified atom stereocenters. The lowest BCUT2D eigenvalue weighted by Crippen LogP contribution is -2.54. The topological polar surface area (TPSA) is 99.0 Å². The molecule has 3 heterocycles. The molecule has 1 aliphatic heterocycles. The van der Waals surface area contributed by atoms with Crippen LogP contribution in [0.2, 0.25) is 0 Å². The maximum absolute atomic E-state index is 15.2. The molecule has 0 bridgehead atoms. The number of amides is 3. The van der Waals surface area contributed by atoms with Crippen molar-refractivity contribution < 1.29 is 19.1 Å². The largest absolute Gasteiger partial charge is 0.389 e. The van der Waals surface area contributed by atoms with E-state index in [0.29, 0.717) is 40.6 Å². The van der Waals surface area contributed by atoms with Crippen molar-refractivity contribution in [2.45, 2.75) is 45.1 Å². The molecule has 3 N–H and O–H groups in total. The Morgan fingerprint density at radius 3 is 2.62 bits per heavy atom. The van der Waals surface area contributed by atoms with Gasteiger partial charge in [-0.2, -0.15) is 0 Å². The number of fused-ring (bicyclic) bond motifs is 1. The predicted octanol–water partition coefficient (Wildman–Crippen LogP) is 5.62.